The smallest absolute Gasteiger partial charge is 0.326 e. The molecule has 0 aromatic heterocycles. The Bertz CT molecular complexity index is 982. The van der Waals surface area contributed by atoms with Crippen molar-refractivity contribution in [2.24, 2.45) is 0 Å². The number of hydrogen-bond donors (Lipinski definition) is 7. The summed E-state index contributed by atoms with van der Waals surface area (Å²) in [6.45, 7) is 1.48. The van der Waals surface area contributed by atoms with Crippen molar-refractivity contribution < 1.29 is 48.9 Å². The van der Waals surface area contributed by atoms with Gasteiger partial charge in [0.1, 0.15) is 18.1 Å². The monoisotopic (exact) mass is 688 g/mol. The van der Waals surface area contributed by atoms with E-state index in [9.17, 15) is 43.8 Å². The normalized spacial score (nSPS) is 12.7. The minimum absolute atomic E-state index is 0.174. The standard InChI is InChI=1S/C32H56N4O10S/c1-23(30(42)36-47-2)33-27(38)21-19-25(32(45)46)35-28(39)22-20-24(31(43)44)34-26(37)17-15-13-11-9-7-5-3-4-6-8-10-12-14-16-18-29(40)41/h23-25H,3-22H2,1-2H3,(H,33,38)(H,34,37)(H,35,39)(H,36,42)(H,40,41)(H,43,44)(H,45,46)/t23-,24-,25-/m0/s1. The van der Waals surface area contributed by atoms with Gasteiger partial charge in [0.25, 0.3) is 5.91 Å². The first-order valence-electron chi connectivity index (χ1n) is 16.8. The molecule has 0 aromatic rings. The Kier molecular flexibility index (Phi) is 25.7. The summed E-state index contributed by atoms with van der Waals surface area (Å²) in [6.07, 6.45) is 15.7. The molecule has 4 amide bonds. The number of carboxylic acid groups (broad SMARTS) is 3. The van der Waals surface area contributed by atoms with Crippen molar-refractivity contribution in [3.05, 3.63) is 0 Å². The van der Waals surface area contributed by atoms with E-state index in [1.54, 1.807) is 6.26 Å². The van der Waals surface area contributed by atoms with Crippen LogP contribution < -0.4 is 20.7 Å². The average molecular weight is 689 g/mol. The molecule has 0 aliphatic heterocycles. The van der Waals surface area contributed by atoms with E-state index in [-0.39, 0.29) is 38.5 Å². The summed E-state index contributed by atoms with van der Waals surface area (Å²) in [5.41, 5.74) is 0. The molecule has 0 spiro atoms. The molecule has 0 saturated heterocycles. The van der Waals surface area contributed by atoms with Crippen LogP contribution in [-0.4, -0.2) is 81.2 Å². The highest BCUT2D eigenvalue weighted by molar-refractivity contribution is 7.97. The van der Waals surface area contributed by atoms with Gasteiger partial charge < -0.3 is 31.3 Å². The first-order valence-corrected chi connectivity index (χ1v) is 18.0. The van der Waals surface area contributed by atoms with Gasteiger partial charge in [-0.3, -0.25) is 28.7 Å². The highest BCUT2D eigenvalue weighted by atomic mass is 32.2. The lowest BCUT2D eigenvalue weighted by molar-refractivity contribution is -0.143. The van der Waals surface area contributed by atoms with Crippen molar-refractivity contribution in [1.82, 2.24) is 20.7 Å². The lowest BCUT2D eigenvalue weighted by Gasteiger charge is -2.17. The first kappa shape index (κ1) is 43.6. The zero-order valence-electron chi connectivity index (χ0n) is 28.0. The summed E-state index contributed by atoms with van der Waals surface area (Å²) in [4.78, 5) is 82.1. The van der Waals surface area contributed by atoms with Crippen LogP contribution in [0.3, 0.4) is 0 Å². The van der Waals surface area contributed by atoms with Gasteiger partial charge in [-0.1, -0.05) is 89.0 Å². The van der Waals surface area contributed by atoms with E-state index in [2.05, 4.69) is 20.7 Å². The topological polar surface area (TPSA) is 228 Å². The van der Waals surface area contributed by atoms with Gasteiger partial charge in [-0.05, 0) is 32.6 Å². The van der Waals surface area contributed by atoms with Gasteiger partial charge >= 0.3 is 17.9 Å². The molecule has 14 nitrogen and oxygen atoms in total. The second-order valence-corrected chi connectivity index (χ2v) is 12.4. The molecule has 0 aromatic carbocycles. The van der Waals surface area contributed by atoms with E-state index in [1.807, 2.05) is 0 Å². The number of aliphatic carboxylic acids is 3. The minimum Gasteiger partial charge on any atom is -0.481 e. The van der Waals surface area contributed by atoms with Gasteiger partial charge in [0.2, 0.25) is 17.7 Å². The lowest BCUT2D eigenvalue weighted by atomic mass is 10.0. The summed E-state index contributed by atoms with van der Waals surface area (Å²) < 4.78 is 2.47. The highest BCUT2D eigenvalue weighted by Crippen LogP contribution is 2.14. The molecule has 0 radical (unpaired) electrons. The quantitative estimate of drug-likeness (QED) is 0.0423. The first-order chi connectivity index (χ1) is 22.4. The van der Waals surface area contributed by atoms with Gasteiger partial charge in [0.05, 0.1) is 0 Å². The second-order valence-electron chi connectivity index (χ2n) is 11.8. The Hall–Kier alpha value is -3.36. The van der Waals surface area contributed by atoms with Gasteiger partial charge in [0.15, 0.2) is 0 Å². The van der Waals surface area contributed by atoms with Crippen LogP contribution in [0, 0.1) is 0 Å². The molecular weight excluding hydrogens is 632 g/mol. The van der Waals surface area contributed by atoms with E-state index >= 15 is 0 Å². The Morgan fingerprint density at radius 3 is 1.21 bits per heavy atom. The van der Waals surface area contributed by atoms with Crippen LogP contribution in [0.4, 0.5) is 0 Å². The second kappa shape index (κ2) is 27.7. The Morgan fingerprint density at radius 1 is 0.511 bits per heavy atom. The van der Waals surface area contributed by atoms with Gasteiger partial charge in [-0.25, -0.2) is 9.59 Å². The van der Waals surface area contributed by atoms with Crippen molar-refractivity contribution in [2.75, 3.05) is 6.26 Å². The van der Waals surface area contributed by atoms with Crippen LogP contribution in [0.1, 0.15) is 135 Å². The van der Waals surface area contributed by atoms with Crippen LogP contribution >= 0.6 is 11.9 Å². The summed E-state index contributed by atoms with van der Waals surface area (Å²) in [7, 11) is 0. The molecule has 0 bridgehead atoms. The van der Waals surface area contributed by atoms with E-state index in [0.717, 1.165) is 63.3 Å². The summed E-state index contributed by atoms with van der Waals surface area (Å²) >= 11 is 1.07. The molecule has 47 heavy (non-hydrogen) atoms. The molecule has 3 atom stereocenters. The number of carboxylic acids is 3. The maximum atomic E-state index is 12.3. The van der Waals surface area contributed by atoms with E-state index in [0.29, 0.717) is 6.42 Å². The molecule has 0 rings (SSSR count). The average Bonchev–Trinajstić information content (AvgIpc) is 3.00. The third-order valence-electron chi connectivity index (χ3n) is 7.60. The van der Waals surface area contributed by atoms with Crippen LogP contribution in [0.5, 0.6) is 0 Å². The number of unbranched alkanes of at least 4 members (excludes halogenated alkanes) is 13. The maximum absolute atomic E-state index is 12.3. The molecule has 15 heteroatoms. The summed E-state index contributed by atoms with van der Waals surface area (Å²) in [5.74, 6) is -5.52. The third-order valence-corrected chi connectivity index (χ3v) is 8.01. The fourth-order valence-corrected chi connectivity index (χ4v) is 5.23. The van der Waals surface area contributed by atoms with Crippen molar-refractivity contribution in [3.63, 3.8) is 0 Å². The maximum Gasteiger partial charge on any atom is 0.326 e. The van der Waals surface area contributed by atoms with E-state index in [1.165, 1.54) is 39.0 Å². The summed E-state index contributed by atoms with van der Waals surface area (Å²) in [6, 6.07) is -3.51. The molecular formula is C32H56N4O10S. The van der Waals surface area contributed by atoms with Crippen LogP contribution in [0.15, 0.2) is 0 Å². The SMILES string of the molecule is CSNC(=O)[C@H](C)NC(=O)CC[C@H](NC(=O)CC[C@H](NC(=O)CCCCCCCCCCCCCCCCC(=O)O)C(=O)O)C(=O)O. The van der Waals surface area contributed by atoms with Crippen molar-refractivity contribution in [1.29, 1.82) is 0 Å². The minimum atomic E-state index is -1.39. The number of hydrogen-bond acceptors (Lipinski definition) is 8. The van der Waals surface area contributed by atoms with Crippen LogP contribution in [-0.2, 0) is 33.6 Å². The molecule has 7 N–H and O–H groups in total. The molecule has 0 fully saturated rings. The van der Waals surface area contributed by atoms with Gasteiger partial charge in [-0.15, -0.1) is 0 Å². The summed E-state index contributed by atoms with van der Waals surface area (Å²) in [5, 5.41) is 34.7. The number of rotatable bonds is 30. The Balaban J connectivity index is 4.12. The Morgan fingerprint density at radius 2 is 0.851 bits per heavy atom. The van der Waals surface area contributed by atoms with E-state index < -0.39 is 59.7 Å². The zero-order valence-corrected chi connectivity index (χ0v) is 28.8. The number of amides is 4. The molecule has 0 heterocycles. The fourth-order valence-electron chi connectivity index (χ4n) is 4.85. The largest absolute Gasteiger partial charge is 0.481 e. The lowest BCUT2D eigenvalue weighted by Crippen LogP contribution is -2.45. The van der Waals surface area contributed by atoms with E-state index in [4.69, 9.17) is 5.11 Å². The third kappa shape index (κ3) is 25.4. The predicted molar refractivity (Wildman–Crippen MR) is 178 cm³/mol. The predicted octanol–water partition coefficient (Wildman–Crippen LogP) is 3.91. The zero-order chi connectivity index (χ0) is 35.5. The molecule has 0 aliphatic rings. The van der Waals surface area contributed by atoms with Crippen molar-refractivity contribution in [2.45, 2.75) is 153 Å². The van der Waals surface area contributed by atoms with Crippen molar-refractivity contribution in [3.8, 4) is 0 Å². The number of carbonyl (C=O) groups is 7. The fraction of sp³-hybridized carbons (Fsp3) is 0.781. The highest BCUT2D eigenvalue weighted by Gasteiger charge is 2.25. The van der Waals surface area contributed by atoms with Crippen molar-refractivity contribution >= 4 is 53.5 Å². The molecule has 270 valence electrons. The van der Waals surface area contributed by atoms with Gasteiger partial charge in [0, 0.05) is 31.9 Å². The molecule has 0 saturated carbocycles. The molecule has 0 aliphatic carbocycles. The number of carbonyl (C=O) groups excluding carboxylic acids is 4. The van der Waals surface area contributed by atoms with Crippen LogP contribution in [0.25, 0.3) is 0 Å². The molecule has 0 unspecified atom stereocenters. The Labute approximate surface area is 282 Å². The van der Waals surface area contributed by atoms with Crippen LogP contribution in [0.2, 0.25) is 0 Å². The van der Waals surface area contributed by atoms with Gasteiger partial charge in [-0.2, -0.15) is 0 Å². The number of nitrogens with one attached hydrogen (secondary N) is 4.